The molecule has 0 heterocycles. The first kappa shape index (κ1) is 20.8. The molecule has 0 bridgehead atoms. The van der Waals surface area contributed by atoms with Gasteiger partial charge >= 0.3 is 0 Å². The summed E-state index contributed by atoms with van der Waals surface area (Å²) in [4.78, 5) is 27.7. The summed E-state index contributed by atoms with van der Waals surface area (Å²) in [6.45, 7) is 2.14. The van der Waals surface area contributed by atoms with Crippen LogP contribution in [0, 0.1) is 0 Å². The zero-order chi connectivity index (χ0) is 19.6. The number of carbonyl (C=O) groups excluding carboxylic acids is 2. The molecule has 0 saturated heterocycles. The van der Waals surface area contributed by atoms with Crippen LogP contribution in [0.15, 0.2) is 59.5 Å². The van der Waals surface area contributed by atoms with Crippen LogP contribution in [-0.4, -0.2) is 42.7 Å². The predicted molar refractivity (Wildman–Crippen MR) is 109 cm³/mol. The number of hydrogen-bond acceptors (Lipinski definition) is 4. The molecule has 144 valence electrons. The molecular weight excluding hydrogens is 360 g/mol. The van der Waals surface area contributed by atoms with E-state index in [1.54, 1.807) is 37.7 Å². The standard InChI is InChI=1S/C21H26N2O3S/c1-16(21(25)22-2)23(15-17-9-11-18(26-3)12-10-17)20(24)13-14-27-19-7-5-4-6-8-19/h4-12,16H,13-15H2,1-3H3,(H,22,25)/t16-/m0/s1. The van der Waals surface area contributed by atoms with Gasteiger partial charge in [-0.05, 0) is 36.8 Å². The van der Waals surface area contributed by atoms with Gasteiger partial charge in [-0.15, -0.1) is 11.8 Å². The summed E-state index contributed by atoms with van der Waals surface area (Å²) in [5.74, 6) is 1.22. The first-order valence-electron chi connectivity index (χ1n) is 8.87. The van der Waals surface area contributed by atoms with E-state index in [1.807, 2.05) is 54.6 Å². The van der Waals surface area contributed by atoms with E-state index in [0.717, 1.165) is 16.2 Å². The van der Waals surface area contributed by atoms with Crippen molar-refractivity contribution in [3.63, 3.8) is 0 Å². The fourth-order valence-electron chi connectivity index (χ4n) is 2.64. The maximum absolute atomic E-state index is 12.8. The number of hydrogen-bond donors (Lipinski definition) is 1. The van der Waals surface area contributed by atoms with Crippen LogP contribution in [0.4, 0.5) is 0 Å². The van der Waals surface area contributed by atoms with Gasteiger partial charge in [0, 0.05) is 30.7 Å². The van der Waals surface area contributed by atoms with Gasteiger partial charge in [-0.3, -0.25) is 9.59 Å². The van der Waals surface area contributed by atoms with Gasteiger partial charge in [0.05, 0.1) is 7.11 Å². The monoisotopic (exact) mass is 386 g/mol. The summed E-state index contributed by atoms with van der Waals surface area (Å²) < 4.78 is 5.17. The van der Waals surface area contributed by atoms with Crippen LogP contribution in [0.2, 0.25) is 0 Å². The molecule has 0 aliphatic rings. The Morgan fingerprint density at radius 3 is 2.37 bits per heavy atom. The third-order valence-electron chi connectivity index (χ3n) is 4.25. The molecule has 2 rings (SSSR count). The minimum Gasteiger partial charge on any atom is -0.497 e. The van der Waals surface area contributed by atoms with Crippen LogP contribution < -0.4 is 10.1 Å². The van der Waals surface area contributed by atoms with Crippen molar-refractivity contribution in [2.75, 3.05) is 19.9 Å². The van der Waals surface area contributed by atoms with Gasteiger partial charge in [0.15, 0.2) is 0 Å². The summed E-state index contributed by atoms with van der Waals surface area (Å²) in [5.41, 5.74) is 0.954. The number of nitrogens with zero attached hydrogens (tertiary/aromatic N) is 1. The summed E-state index contributed by atoms with van der Waals surface area (Å²) in [5, 5.41) is 2.63. The number of thioether (sulfide) groups is 1. The number of rotatable bonds is 9. The molecule has 0 aliphatic carbocycles. The van der Waals surface area contributed by atoms with Gasteiger partial charge in [0.25, 0.3) is 0 Å². The predicted octanol–water partition coefficient (Wildman–Crippen LogP) is 3.34. The molecule has 0 radical (unpaired) electrons. The summed E-state index contributed by atoms with van der Waals surface area (Å²) in [6.07, 6.45) is 0.372. The summed E-state index contributed by atoms with van der Waals surface area (Å²) in [6, 6.07) is 17.0. The normalized spacial score (nSPS) is 11.5. The molecule has 5 nitrogen and oxygen atoms in total. The molecule has 2 aromatic rings. The molecule has 0 fully saturated rings. The van der Waals surface area contributed by atoms with Gasteiger partial charge in [-0.25, -0.2) is 0 Å². The summed E-state index contributed by atoms with van der Waals surface area (Å²) in [7, 11) is 3.20. The Bertz CT molecular complexity index is 735. The zero-order valence-electron chi connectivity index (χ0n) is 16.0. The Hall–Kier alpha value is -2.47. The number of methoxy groups -OCH3 is 1. The maximum atomic E-state index is 12.8. The van der Waals surface area contributed by atoms with E-state index in [4.69, 9.17) is 4.74 Å². The zero-order valence-corrected chi connectivity index (χ0v) is 16.8. The maximum Gasteiger partial charge on any atom is 0.242 e. The van der Waals surface area contributed by atoms with Crippen LogP contribution >= 0.6 is 11.8 Å². The highest BCUT2D eigenvalue weighted by molar-refractivity contribution is 7.99. The van der Waals surface area contributed by atoms with Crippen LogP contribution in [-0.2, 0) is 16.1 Å². The Morgan fingerprint density at radius 1 is 1.11 bits per heavy atom. The van der Waals surface area contributed by atoms with Crippen molar-refractivity contribution >= 4 is 23.6 Å². The number of amides is 2. The number of benzene rings is 2. The largest absolute Gasteiger partial charge is 0.497 e. The smallest absolute Gasteiger partial charge is 0.242 e. The van der Waals surface area contributed by atoms with E-state index >= 15 is 0 Å². The molecule has 0 unspecified atom stereocenters. The number of ether oxygens (including phenoxy) is 1. The topological polar surface area (TPSA) is 58.6 Å². The molecule has 0 aliphatic heterocycles. The quantitative estimate of drug-likeness (QED) is 0.672. The Balaban J connectivity index is 2.03. The van der Waals surface area contributed by atoms with Crippen molar-refractivity contribution in [1.82, 2.24) is 10.2 Å². The van der Waals surface area contributed by atoms with E-state index in [-0.39, 0.29) is 11.8 Å². The Kier molecular flexibility index (Phi) is 8.20. The highest BCUT2D eigenvalue weighted by Gasteiger charge is 2.25. The van der Waals surface area contributed by atoms with Gasteiger partial charge in [0.2, 0.25) is 11.8 Å². The van der Waals surface area contributed by atoms with Crippen LogP contribution in [0.3, 0.4) is 0 Å². The third-order valence-corrected chi connectivity index (χ3v) is 5.27. The van der Waals surface area contributed by atoms with Crippen molar-refractivity contribution in [1.29, 1.82) is 0 Å². The van der Waals surface area contributed by atoms with Gasteiger partial charge in [-0.2, -0.15) is 0 Å². The molecule has 27 heavy (non-hydrogen) atoms. The Morgan fingerprint density at radius 2 is 1.78 bits per heavy atom. The molecule has 0 saturated carbocycles. The van der Waals surface area contributed by atoms with Crippen molar-refractivity contribution in [2.24, 2.45) is 0 Å². The number of carbonyl (C=O) groups is 2. The van der Waals surface area contributed by atoms with Crippen molar-refractivity contribution in [2.45, 2.75) is 30.8 Å². The fourth-order valence-corrected chi connectivity index (χ4v) is 3.50. The molecule has 0 aromatic heterocycles. The molecule has 1 N–H and O–H groups in total. The third kappa shape index (κ3) is 6.32. The molecular formula is C21H26N2O3S. The van der Waals surface area contributed by atoms with Gasteiger partial charge in [0.1, 0.15) is 11.8 Å². The Labute approximate surface area is 165 Å². The minimum absolute atomic E-state index is 0.0367. The highest BCUT2D eigenvalue weighted by Crippen LogP contribution is 2.20. The minimum atomic E-state index is -0.536. The lowest BCUT2D eigenvalue weighted by Gasteiger charge is -2.28. The first-order chi connectivity index (χ1) is 13.0. The second kappa shape index (κ2) is 10.6. The molecule has 6 heteroatoms. The average Bonchev–Trinajstić information content (AvgIpc) is 2.72. The van der Waals surface area contributed by atoms with Crippen LogP contribution in [0.5, 0.6) is 5.75 Å². The lowest BCUT2D eigenvalue weighted by atomic mass is 10.1. The van der Waals surface area contributed by atoms with E-state index in [9.17, 15) is 9.59 Å². The second-order valence-electron chi connectivity index (χ2n) is 6.07. The van der Waals surface area contributed by atoms with Crippen molar-refractivity contribution in [3.8, 4) is 5.75 Å². The van der Waals surface area contributed by atoms with E-state index < -0.39 is 6.04 Å². The number of nitrogens with one attached hydrogen (secondary N) is 1. The number of likely N-dealkylation sites (N-methyl/N-ethyl adjacent to an activating group) is 1. The van der Waals surface area contributed by atoms with E-state index in [1.165, 1.54) is 0 Å². The van der Waals surface area contributed by atoms with Gasteiger partial charge in [-0.1, -0.05) is 30.3 Å². The van der Waals surface area contributed by atoms with Crippen LogP contribution in [0.25, 0.3) is 0 Å². The average molecular weight is 387 g/mol. The fraction of sp³-hybridized carbons (Fsp3) is 0.333. The molecule has 1 atom stereocenters. The molecule has 0 spiro atoms. The lowest BCUT2D eigenvalue weighted by Crippen LogP contribution is -2.46. The van der Waals surface area contributed by atoms with Crippen molar-refractivity contribution in [3.05, 3.63) is 60.2 Å². The molecule has 2 aromatic carbocycles. The lowest BCUT2D eigenvalue weighted by molar-refractivity contribution is -0.140. The van der Waals surface area contributed by atoms with Crippen LogP contribution in [0.1, 0.15) is 18.9 Å². The summed E-state index contributed by atoms with van der Waals surface area (Å²) >= 11 is 1.64. The highest BCUT2D eigenvalue weighted by atomic mass is 32.2. The second-order valence-corrected chi connectivity index (χ2v) is 7.24. The van der Waals surface area contributed by atoms with E-state index in [0.29, 0.717) is 18.7 Å². The van der Waals surface area contributed by atoms with E-state index in [2.05, 4.69) is 5.32 Å². The molecule has 2 amide bonds. The first-order valence-corrected chi connectivity index (χ1v) is 9.85. The van der Waals surface area contributed by atoms with Gasteiger partial charge < -0.3 is 15.0 Å². The van der Waals surface area contributed by atoms with Crippen molar-refractivity contribution < 1.29 is 14.3 Å². The SMILES string of the molecule is CNC(=O)[C@H](C)N(Cc1ccc(OC)cc1)C(=O)CCSc1ccccc1.